The summed E-state index contributed by atoms with van der Waals surface area (Å²) in [6.07, 6.45) is 9.40. The molecule has 0 unspecified atom stereocenters. The van der Waals surface area contributed by atoms with E-state index in [0.29, 0.717) is 6.42 Å². The number of rotatable bonds is 7. The Kier molecular flexibility index (Phi) is 7.42. The molecule has 2 heteroatoms. The molecule has 15 heavy (non-hydrogen) atoms. The molecule has 0 amide bonds. The number of unbranched alkanes of at least 4 members (excludes halogenated alkanes) is 4. The minimum atomic E-state index is -1.24. The Balaban J connectivity index is 4.03. The number of nitrogens with zero attached hydrogens (tertiary/aromatic N) is 1. The highest BCUT2D eigenvalue weighted by Gasteiger charge is 2.18. The van der Waals surface area contributed by atoms with E-state index in [1.165, 1.54) is 37.3 Å². The van der Waals surface area contributed by atoms with Gasteiger partial charge in [-0.25, -0.2) is 0 Å². The summed E-state index contributed by atoms with van der Waals surface area (Å²) < 4.78 is 0. The lowest BCUT2D eigenvalue weighted by Crippen LogP contribution is -2.23. The summed E-state index contributed by atoms with van der Waals surface area (Å²) >= 11 is 0. The van der Waals surface area contributed by atoms with Crippen LogP contribution in [0.3, 0.4) is 0 Å². The molecule has 0 spiro atoms. The first kappa shape index (κ1) is 14.4. The van der Waals surface area contributed by atoms with Crippen molar-refractivity contribution in [1.29, 1.82) is 5.26 Å². The normalized spacial score (nSPS) is 12.6. The summed E-state index contributed by atoms with van der Waals surface area (Å²) in [4.78, 5) is 0. The smallest absolute Gasteiger partial charge is 0.0733 e. The highest BCUT2D eigenvalue weighted by atomic mass is 28.3. The zero-order valence-corrected chi connectivity index (χ0v) is 11.8. The maximum atomic E-state index is 8.77. The van der Waals surface area contributed by atoms with Crippen molar-refractivity contribution in [3.05, 3.63) is 11.3 Å². The minimum Gasteiger partial charge on any atom is -0.198 e. The van der Waals surface area contributed by atoms with Gasteiger partial charge in [0.05, 0.1) is 20.6 Å². The van der Waals surface area contributed by atoms with Crippen molar-refractivity contribution < 1.29 is 0 Å². The van der Waals surface area contributed by atoms with E-state index in [9.17, 15) is 0 Å². The molecular formula is C13H25NSi. The summed E-state index contributed by atoms with van der Waals surface area (Å²) in [7, 11) is -1.24. The van der Waals surface area contributed by atoms with Gasteiger partial charge in [0.15, 0.2) is 0 Å². The van der Waals surface area contributed by atoms with Gasteiger partial charge in [-0.15, -0.1) is 0 Å². The Hall–Kier alpha value is -0.553. The van der Waals surface area contributed by atoms with E-state index in [-0.39, 0.29) is 0 Å². The van der Waals surface area contributed by atoms with Gasteiger partial charge < -0.3 is 0 Å². The summed E-state index contributed by atoms with van der Waals surface area (Å²) in [5.74, 6) is 0. The molecule has 0 aromatic heterocycles. The third-order valence-electron chi connectivity index (χ3n) is 2.68. The van der Waals surface area contributed by atoms with Gasteiger partial charge >= 0.3 is 0 Å². The van der Waals surface area contributed by atoms with Crippen LogP contribution >= 0.6 is 0 Å². The molecule has 0 aliphatic rings. The van der Waals surface area contributed by atoms with Crippen LogP contribution in [-0.4, -0.2) is 8.07 Å². The molecule has 0 atom stereocenters. The number of nitriles is 1. The third kappa shape index (κ3) is 7.38. The average Bonchev–Trinajstić information content (AvgIpc) is 2.14. The summed E-state index contributed by atoms with van der Waals surface area (Å²) in [6.45, 7) is 9.20. The molecule has 0 aliphatic heterocycles. The van der Waals surface area contributed by atoms with Crippen molar-refractivity contribution in [2.24, 2.45) is 0 Å². The van der Waals surface area contributed by atoms with Crippen molar-refractivity contribution in [3.63, 3.8) is 0 Å². The van der Waals surface area contributed by atoms with Crippen LogP contribution in [0.25, 0.3) is 0 Å². The maximum Gasteiger partial charge on any atom is 0.0733 e. The molecule has 0 saturated heterocycles. The van der Waals surface area contributed by atoms with Gasteiger partial charge in [-0.1, -0.05) is 57.1 Å². The third-order valence-corrected chi connectivity index (χ3v) is 4.99. The highest BCUT2D eigenvalue weighted by molar-refractivity contribution is 6.83. The lowest BCUT2D eigenvalue weighted by Gasteiger charge is -2.18. The second-order valence-electron chi connectivity index (χ2n) is 5.16. The van der Waals surface area contributed by atoms with Crippen LogP contribution in [-0.2, 0) is 0 Å². The molecule has 86 valence electrons. The molecule has 0 N–H and O–H groups in total. The van der Waals surface area contributed by atoms with E-state index in [4.69, 9.17) is 5.26 Å². The van der Waals surface area contributed by atoms with Gasteiger partial charge in [0.1, 0.15) is 0 Å². The molecule has 0 radical (unpaired) electrons. The van der Waals surface area contributed by atoms with Gasteiger partial charge in [-0.3, -0.25) is 0 Å². The Morgan fingerprint density at radius 1 is 1.20 bits per heavy atom. The topological polar surface area (TPSA) is 23.8 Å². The Labute approximate surface area is 96.2 Å². The molecular weight excluding hydrogens is 198 g/mol. The van der Waals surface area contributed by atoms with Gasteiger partial charge in [-0.2, -0.15) is 5.26 Å². The van der Waals surface area contributed by atoms with Crippen LogP contribution in [0.5, 0.6) is 0 Å². The van der Waals surface area contributed by atoms with Crippen LogP contribution in [0, 0.1) is 11.3 Å². The van der Waals surface area contributed by atoms with Gasteiger partial charge in [-0.05, 0) is 12.8 Å². The molecule has 0 fully saturated rings. The molecule has 0 aromatic carbocycles. The Morgan fingerprint density at radius 3 is 2.33 bits per heavy atom. The van der Waals surface area contributed by atoms with Crippen molar-refractivity contribution in [1.82, 2.24) is 0 Å². The van der Waals surface area contributed by atoms with E-state index in [1.807, 2.05) is 0 Å². The van der Waals surface area contributed by atoms with Gasteiger partial charge in [0.25, 0.3) is 0 Å². The number of hydrogen-bond acceptors (Lipinski definition) is 1. The van der Waals surface area contributed by atoms with Crippen LogP contribution in [0.2, 0.25) is 19.6 Å². The lowest BCUT2D eigenvalue weighted by atomic mass is 10.1. The van der Waals surface area contributed by atoms with Crippen molar-refractivity contribution in [2.75, 3.05) is 0 Å². The zero-order chi connectivity index (χ0) is 11.7. The molecule has 1 nitrogen and oxygen atoms in total. The van der Waals surface area contributed by atoms with Crippen LogP contribution in [0.1, 0.15) is 45.4 Å². The highest BCUT2D eigenvalue weighted by Crippen LogP contribution is 2.19. The fourth-order valence-electron chi connectivity index (χ4n) is 1.58. The van der Waals surface area contributed by atoms with Crippen molar-refractivity contribution >= 4 is 8.07 Å². The summed E-state index contributed by atoms with van der Waals surface area (Å²) in [5.41, 5.74) is 0. The van der Waals surface area contributed by atoms with E-state index < -0.39 is 8.07 Å². The monoisotopic (exact) mass is 223 g/mol. The van der Waals surface area contributed by atoms with Crippen molar-refractivity contribution in [3.8, 4) is 6.07 Å². The Bertz CT molecular complexity index is 230. The van der Waals surface area contributed by atoms with E-state index in [0.717, 1.165) is 0 Å². The summed E-state index contributed by atoms with van der Waals surface area (Å²) in [6, 6.07) is 2.29. The summed E-state index contributed by atoms with van der Waals surface area (Å²) in [5, 5.41) is 10.2. The quantitative estimate of drug-likeness (QED) is 0.454. The molecule has 0 rings (SSSR count). The second-order valence-corrected chi connectivity index (χ2v) is 10.3. The molecule has 0 aliphatic carbocycles. The first-order chi connectivity index (χ1) is 7.02. The molecule has 0 heterocycles. The van der Waals surface area contributed by atoms with Gasteiger partial charge in [0.2, 0.25) is 0 Å². The fourth-order valence-corrected chi connectivity index (χ4v) is 2.94. The van der Waals surface area contributed by atoms with Crippen molar-refractivity contribution in [2.45, 2.75) is 65.1 Å². The minimum absolute atomic E-state index is 0.642. The largest absolute Gasteiger partial charge is 0.198 e. The SMILES string of the molecule is CCCCCC/C=C(\CC#N)[Si](C)(C)C. The van der Waals surface area contributed by atoms with E-state index >= 15 is 0 Å². The average molecular weight is 223 g/mol. The second kappa shape index (κ2) is 7.70. The zero-order valence-electron chi connectivity index (χ0n) is 10.8. The van der Waals surface area contributed by atoms with E-state index in [1.54, 1.807) is 0 Å². The first-order valence-electron chi connectivity index (χ1n) is 6.08. The number of hydrogen-bond donors (Lipinski definition) is 0. The Morgan fingerprint density at radius 2 is 1.87 bits per heavy atom. The fraction of sp³-hybridized carbons (Fsp3) is 0.769. The first-order valence-corrected chi connectivity index (χ1v) is 9.58. The van der Waals surface area contributed by atoms with Crippen LogP contribution in [0.15, 0.2) is 11.3 Å². The lowest BCUT2D eigenvalue weighted by molar-refractivity contribution is 0.673. The molecule has 0 bridgehead atoms. The van der Waals surface area contributed by atoms with E-state index in [2.05, 4.69) is 38.7 Å². The van der Waals surface area contributed by atoms with Crippen LogP contribution in [0.4, 0.5) is 0 Å². The standard InChI is InChI=1S/C13H25NSi/c1-5-6-7-8-9-10-13(11-12-14)15(2,3)4/h10H,5-9,11H2,1-4H3/b13-10+. The number of allylic oxidation sites excluding steroid dienone is 2. The molecule has 0 aromatic rings. The van der Waals surface area contributed by atoms with Gasteiger partial charge in [0, 0.05) is 0 Å². The van der Waals surface area contributed by atoms with Crippen LogP contribution < -0.4 is 0 Å². The molecule has 0 saturated carbocycles. The predicted octanol–water partition coefficient (Wildman–Crippen LogP) is 4.67. The maximum absolute atomic E-state index is 8.77. The predicted molar refractivity (Wildman–Crippen MR) is 70.4 cm³/mol.